The van der Waals surface area contributed by atoms with Crippen LogP contribution in [0.3, 0.4) is 0 Å². The lowest BCUT2D eigenvalue weighted by Crippen LogP contribution is -2.38. The van der Waals surface area contributed by atoms with Crippen molar-refractivity contribution in [3.05, 3.63) is 30.4 Å². The van der Waals surface area contributed by atoms with Gasteiger partial charge < -0.3 is 19.4 Å². The molecule has 0 aromatic carbocycles. The number of nitrogens with zero attached hydrogens (tertiary/aromatic N) is 7. The Morgan fingerprint density at radius 1 is 1.12 bits per heavy atom. The molecule has 2 aliphatic heterocycles. The first-order valence-corrected chi connectivity index (χ1v) is 9.13. The van der Waals surface area contributed by atoms with E-state index in [0.29, 0.717) is 6.04 Å². The third kappa shape index (κ3) is 3.55. The van der Waals surface area contributed by atoms with Crippen LogP contribution in [0.2, 0.25) is 0 Å². The third-order valence-electron chi connectivity index (χ3n) is 5.06. The van der Waals surface area contributed by atoms with E-state index in [0.717, 1.165) is 69.1 Å². The molecule has 0 spiro atoms. The van der Waals surface area contributed by atoms with Gasteiger partial charge in [0.1, 0.15) is 11.6 Å². The number of aromatic nitrogens is 4. The number of hydrogen-bond donors (Lipinski definition) is 0. The molecule has 0 aliphatic carbocycles. The average molecular weight is 355 g/mol. The van der Waals surface area contributed by atoms with Crippen LogP contribution >= 0.6 is 0 Å². The van der Waals surface area contributed by atoms with Gasteiger partial charge in [-0.1, -0.05) is 0 Å². The molecule has 1 unspecified atom stereocenters. The zero-order valence-electron chi connectivity index (χ0n) is 15.4. The normalized spacial score (nSPS) is 20.5. The summed E-state index contributed by atoms with van der Waals surface area (Å²) in [5, 5.41) is 0. The number of likely N-dealkylation sites (N-methyl/N-ethyl adjacent to an activating group) is 1. The Balaban J connectivity index is 1.45. The van der Waals surface area contributed by atoms with Crippen LogP contribution in [0.4, 0.5) is 17.6 Å². The van der Waals surface area contributed by atoms with E-state index < -0.39 is 0 Å². The Morgan fingerprint density at radius 2 is 1.96 bits per heavy atom. The minimum absolute atomic E-state index is 0.393. The Morgan fingerprint density at radius 3 is 2.77 bits per heavy atom. The van der Waals surface area contributed by atoms with Crippen molar-refractivity contribution in [2.75, 3.05) is 61.1 Å². The van der Waals surface area contributed by atoms with Gasteiger partial charge in [-0.3, -0.25) is 4.98 Å². The van der Waals surface area contributed by atoms with E-state index >= 15 is 0 Å². The second-order valence-electron chi connectivity index (χ2n) is 6.83. The molecule has 8 heteroatoms. The molecular formula is C18H25N7O. The van der Waals surface area contributed by atoms with Crippen LogP contribution in [0.1, 0.15) is 12.1 Å². The summed E-state index contributed by atoms with van der Waals surface area (Å²) in [5.41, 5.74) is 0.949. The molecule has 0 N–H and O–H groups in total. The van der Waals surface area contributed by atoms with Gasteiger partial charge in [0.15, 0.2) is 0 Å². The SMILES string of the molecule is Cc1cncc(N2CCC(N(C)c3ccnc(N4CCOCC4)n3)C2)n1. The van der Waals surface area contributed by atoms with E-state index in [1.54, 1.807) is 6.20 Å². The fourth-order valence-corrected chi connectivity index (χ4v) is 3.51. The monoisotopic (exact) mass is 355 g/mol. The van der Waals surface area contributed by atoms with Crippen molar-refractivity contribution in [2.45, 2.75) is 19.4 Å². The molecule has 26 heavy (non-hydrogen) atoms. The highest BCUT2D eigenvalue weighted by molar-refractivity contribution is 5.46. The van der Waals surface area contributed by atoms with E-state index in [1.165, 1.54) is 0 Å². The number of hydrogen-bond acceptors (Lipinski definition) is 8. The minimum atomic E-state index is 0.393. The van der Waals surface area contributed by atoms with Crippen molar-refractivity contribution >= 4 is 17.6 Å². The number of ether oxygens (including phenoxy) is 1. The Labute approximate surface area is 153 Å². The first-order chi connectivity index (χ1) is 12.7. The summed E-state index contributed by atoms with van der Waals surface area (Å²) < 4.78 is 5.42. The zero-order valence-corrected chi connectivity index (χ0v) is 15.4. The number of anilines is 3. The third-order valence-corrected chi connectivity index (χ3v) is 5.06. The number of rotatable bonds is 4. The Hall–Kier alpha value is -2.48. The fraction of sp³-hybridized carbons (Fsp3) is 0.556. The van der Waals surface area contributed by atoms with Gasteiger partial charge in [0.25, 0.3) is 0 Å². The van der Waals surface area contributed by atoms with Gasteiger partial charge in [-0.05, 0) is 19.4 Å². The molecule has 0 amide bonds. The maximum Gasteiger partial charge on any atom is 0.227 e. The lowest BCUT2D eigenvalue weighted by atomic mass is 10.2. The van der Waals surface area contributed by atoms with Gasteiger partial charge in [0.05, 0.1) is 25.1 Å². The van der Waals surface area contributed by atoms with Crippen molar-refractivity contribution in [1.29, 1.82) is 0 Å². The highest BCUT2D eigenvalue weighted by Gasteiger charge is 2.28. The topological polar surface area (TPSA) is 70.5 Å². The average Bonchev–Trinajstić information content (AvgIpc) is 3.18. The molecule has 1 atom stereocenters. The summed E-state index contributed by atoms with van der Waals surface area (Å²) in [6.07, 6.45) is 6.55. The highest BCUT2D eigenvalue weighted by atomic mass is 16.5. The molecule has 2 aliphatic rings. The molecule has 2 aromatic heterocycles. The zero-order chi connectivity index (χ0) is 17.9. The van der Waals surface area contributed by atoms with Crippen molar-refractivity contribution in [1.82, 2.24) is 19.9 Å². The first-order valence-electron chi connectivity index (χ1n) is 9.13. The highest BCUT2D eigenvalue weighted by Crippen LogP contribution is 2.24. The van der Waals surface area contributed by atoms with Crippen LogP contribution in [-0.4, -0.2) is 72.4 Å². The van der Waals surface area contributed by atoms with Crippen LogP contribution < -0.4 is 14.7 Å². The fourth-order valence-electron chi connectivity index (χ4n) is 3.51. The number of aryl methyl sites for hydroxylation is 1. The number of morpholine rings is 1. The van der Waals surface area contributed by atoms with Crippen molar-refractivity contribution in [3.8, 4) is 0 Å². The van der Waals surface area contributed by atoms with Crippen molar-refractivity contribution in [3.63, 3.8) is 0 Å². The second kappa shape index (κ2) is 7.41. The largest absolute Gasteiger partial charge is 0.378 e. The van der Waals surface area contributed by atoms with Gasteiger partial charge in [0.2, 0.25) is 5.95 Å². The molecule has 138 valence electrons. The molecule has 0 saturated carbocycles. The molecule has 2 aromatic rings. The molecule has 8 nitrogen and oxygen atoms in total. The van der Waals surface area contributed by atoms with Gasteiger partial charge >= 0.3 is 0 Å². The van der Waals surface area contributed by atoms with Crippen LogP contribution in [-0.2, 0) is 4.74 Å². The second-order valence-corrected chi connectivity index (χ2v) is 6.83. The van der Waals surface area contributed by atoms with Crippen LogP contribution in [0.15, 0.2) is 24.7 Å². The van der Waals surface area contributed by atoms with Gasteiger partial charge in [-0.2, -0.15) is 4.98 Å². The van der Waals surface area contributed by atoms with Gasteiger partial charge in [-0.15, -0.1) is 0 Å². The predicted molar refractivity (Wildman–Crippen MR) is 101 cm³/mol. The van der Waals surface area contributed by atoms with E-state index in [2.05, 4.69) is 36.7 Å². The van der Waals surface area contributed by atoms with E-state index in [1.807, 2.05) is 25.4 Å². The summed E-state index contributed by atoms with van der Waals surface area (Å²) >= 11 is 0. The van der Waals surface area contributed by atoms with Gasteiger partial charge in [-0.25, -0.2) is 9.97 Å². The van der Waals surface area contributed by atoms with Crippen LogP contribution in [0, 0.1) is 6.92 Å². The maximum absolute atomic E-state index is 5.42. The van der Waals surface area contributed by atoms with Crippen molar-refractivity contribution in [2.24, 2.45) is 0 Å². The predicted octanol–water partition coefficient (Wildman–Crippen LogP) is 1.13. The minimum Gasteiger partial charge on any atom is -0.378 e. The molecule has 4 rings (SSSR count). The first kappa shape index (κ1) is 17.0. The summed E-state index contributed by atoms with van der Waals surface area (Å²) in [5.74, 6) is 2.71. The molecule has 2 fully saturated rings. The van der Waals surface area contributed by atoms with Gasteiger partial charge in [0, 0.05) is 51.7 Å². The van der Waals surface area contributed by atoms with E-state index in [-0.39, 0.29) is 0 Å². The van der Waals surface area contributed by atoms with Crippen LogP contribution in [0.5, 0.6) is 0 Å². The quantitative estimate of drug-likeness (QED) is 0.808. The summed E-state index contributed by atoms with van der Waals surface area (Å²) in [7, 11) is 2.11. The van der Waals surface area contributed by atoms with Crippen molar-refractivity contribution < 1.29 is 4.74 Å². The Bertz CT molecular complexity index is 750. The molecule has 4 heterocycles. The summed E-state index contributed by atoms with van der Waals surface area (Å²) in [6.45, 7) is 7.04. The lowest BCUT2D eigenvalue weighted by molar-refractivity contribution is 0.122. The maximum atomic E-state index is 5.42. The standard InChI is InChI=1S/C18H25N7O/c1-14-11-19-12-17(21-14)25-6-4-15(13-25)23(2)16-3-5-20-18(22-16)24-7-9-26-10-8-24/h3,5,11-12,15H,4,6-10,13H2,1-2H3. The smallest absolute Gasteiger partial charge is 0.227 e. The molecule has 0 bridgehead atoms. The Kier molecular flexibility index (Phi) is 4.83. The molecular weight excluding hydrogens is 330 g/mol. The van der Waals surface area contributed by atoms with E-state index in [4.69, 9.17) is 9.72 Å². The summed E-state index contributed by atoms with van der Waals surface area (Å²) in [6, 6.07) is 2.38. The van der Waals surface area contributed by atoms with E-state index in [9.17, 15) is 0 Å². The summed E-state index contributed by atoms with van der Waals surface area (Å²) in [4.78, 5) is 24.8. The lowest BCUT2D eigenvalue weighted by Gasteiger charge is -2.29. The molecule has 2 saturated heterocycles. The van der Waals surface area contributed by atoms with Crippen LogP contribution in [0.25, 0.3) is 0 Å². The molecule has 0 radical (unpaired) electrons.